The highest BCUT2D eigenvalue weighted by Gasteiger charge is 2.24. The number of ether oxygens (including phenoxy) is 3. The molecular formula is C16H23ClN2O6. The molecule has 0 aliphatic heterocycles. The van der Waals surface area contributed by atoms with Crippen LogP contribution in [0.25, 0.3) is 0 Å². The fraction of sp³-hybridized carbons (Fsp3) is 0.562. The maximum absolute atomic E-state index is 12.1. The van der Waals surface area contributed by atoms with Crippen molar-refractivity contribution in [3.63, 3.8) is 0 Å². The largest absolute Gasteiger partial charge is 0.489 e. The zero-order valence-corrected chi connectivity index (χ0v) is 15.5. The van der Waals surface area contributed by atoms with Crippen LogP contribution in [0.2, 0.25) is 5.02 Å². The first-order valence-corrected chi connectivity index (χ1v) is 8.17. The number of nitro benzene ring substituents is 1. The summed E-state index contributed by atoms with van der Waals surface area (Å²) in [5.74, 6) is 0.110. The Morgan fingerprint density at radius 3 is 2.60 bits per heavy atom. The van der Waals surface area contributed by atoms with Gasteiger partial charge in [0.05, 0.1) is 23.3 Å². The van der Waals surface area contributed by atoms with Crippen molar-refractivity contribution in [1.29, 1.82) is 0 Å². The minimum Gasteiger partial charge on any atom is -0.489 e. The molecule has 0 heterocycles. The standard InChI is InChI=1S/C16H23ClN2O6/c1-5-6-16(2,3)25-15(20)18-12-9-11(17)13(19(21)22)10-14(12)24-8-7-23-4/h9-10H,5-8H2,1-4H3,(H,18,20). The van der Waals surface area contributed by atoms with Gasteiger partial charge in [0.25, 0.3) is 5.69 Å². The van der Waals surface area contributed by atoms with Crippen LogP contribution in [0.15, 0.2) is 12.1 Å². The summed E-state index contributed by atoms with van der Waals surface area (Å²) < 4.78 is 15.7. The Morgan fingerprint density at radius 2 is 2.04 bits per heavy atom. The monoisotopic (exact) mass is 374 g/mol. The van der Waals surface area contributed by atoms with Gasteiger partial charge in [-0.3, -0.25) is 15.4 Å². The summed E-state index contributed by atoms with van der Waals surface area (Å²) in [6.07, 6.45) is 0.855. The van der Waals surface area contributed by atoms with E-state index in [4.69, 9.17) is 25.8 Å². The number of benzene rings is 1. The Bertz CT molecular complexity index is 621. The van der Waals surface area contributed by atoms with Gasteiger partial charge >= 0.3 is 6.09 Å². The van der Waals surface area contributed by atoms with Gasteiger partial charge in [0.2, 0.25) is 0 Å². The predicted octanol–water partition coefficient (Wildman–Crippen LogP) is 4.40. The van der Waals surface area contributed by atoms with E-state index in [9.17, 15) is 14.9 Å². The van der Waals surface area contributed by atoms with Crippen molar-refractivity contribution in [2.45, 2.75) is 39.2 Å². The van der Waals surface area contributed by atoms with E-state index in [0.29, 0.717) is 6.42 Å². The number of carbonyl (C=O) groups is 1. The number of rotatable bonds is 9. The summed E-state index contributed by atoms with van der Waals surface area (Å²) in [7, 11) is 1.50. The molecule has 0 fully saturated rings. The van der Waals surface area contributed by atoms with Crippen LogP contribution >= 0.6 is 11.6 Å². The normalized spacial score (nSPS) is 11.1. The second-order valence-corrected chi connectivity index (χ2v) is 6.33. The average molecular weight is 375 g/mol. The Hall–Kier alpha value is -2.06. The average Bonchev–Trinajstić information content (AvgIpc) is 2.48. The third-order valence-electron chi connectivity index (χ3n) is 3.25. The van der Waals surface area contributed by atoms with Crippen molar-refractivity contribution in [3.05, 3.63) is 27.3 Å². The quantitative estimate of drug-likeness (QED) is 0.390. The van der Waals surface area contributed by atoms with E-state index in [0.717, 1.165) is 12.5 Å². The van der Waals surface area contributed by atoms with Crippen molar-refractivity contribution in [3.8, 4) is 5.75 Å². The van der Waals surface area contributed by atoms with Crippen LogP contribution in [0, 0.1) is 10.1 Å². The third kappa shape index (κ3) is 6.75. The predicted molar refractivity (Wildman–Crippen MR) is 94.6 cm³/mol. The molecule has 0 aliphatic rings. The van der Waals surface area contributed by atoms with Crippen LogP contribution in [-0.2, 0) is 9.47 Å². The van der Waals surface area contributed by atoms with Crippen LogP contribution in [0.3, 0.4) is 0 Å². The van der Waals surface area contributed by atoms with E-state index < -0.39 is 16.6 Å². The Balaban J connectivity index is 3.00. The topological polar surface area (TPSA) is 99.9 Å². The first kappa shape index (κ1) is 21.0. The van der Waals surface area contributed by atoms with E-state index in [-0.39, 0.29) is 35.4 Å². The Labute approximate surface area is 151 Å². The molecule has 0 saturated carbocycles. The third-order valence-corrected chi connectivity index (χ3v) is 3.55. The molecule has 0 bridgehead atoms. The van der Waals surface area contributed by atoms with Gasteiger partial charge in [-0.2, -0.15) is 0 Å². The highest BCUT2D eigenvalue weighted by Crippen LogP contribution is 2.36. The molecule has 0 atom stereocenters. The van der Waals surface area contributed by atoms with Gasteiger partial charge < -0.3 is 14.2 Å². The first-order valence-electron chi connectivity index (χ1n) is 7.80. The Morgan fingerprint density at radius 1 is 1.36 bits per heavy atom. The summed E-state index contributed by atoms with van der Waals surface area (Å²) in [5.41, 5.74) is -0.774. The van der Waals surface area contributed by atoms with Gasteiger partial charge in [0, 0.05) is 7.11 Å². The van der Waals surface area contributed by atoms with Crippen molar-refractivity contribution in [2.24, 2.45) is 0 Å². The fourth-order valence-corrected chi connectivity index (χ4v) is 2.41. The number of nitrogens with zero attached hydrogens (tertiary/aromatic N) is 1. The fourth-order valence-electron chi connectivity index (χ4n) is 2.17. The van der Waals surface area contributed by atoms with E-state index in [1.165, 1.54) is 13.2 Å². The second-order valence-electron chi connectivity index (χ2n) is 5.92. The van der Waals surface area contributed by atoms with Crippen LogP contribution in [0.4, 0.5) is 16.2 Å². The lowest BCUT2D eigenvalue weighted by Gasteiger charge is -2.24. The van der Waals surface area contributed by atoms with E-state index in [2.05, 4.69) is 5.32 Å². The molecule has 0 saturated heterocycles. The number of amides is 1. The summed E-state index contributed by atoms with van der Waals surface area (Å²) >= 11 is 5.91. The molecule has 0 radical (unpaired) electrons. The van der Waals surface area contributed by atoms with Gasteiger partial charge in [0.1, 0.15) is 23.0 Å². The molecule has 1 aromatic rings. The number of methoxy groups -OCH3 is 1. The SMILES string of the molecule is CCCC(C)(C)OC(=O)Nc1cc(Cl)c([N+](=O)[O-])cc1OCCOC. The van der Waals surface area contributed by atoms with Crippen molar-refractivity contribution < 1.29 is 23.9 Å². The minimum absolute atomic E-state index is 0.110. The molecule has 0 unspecified atom stereocenters. The van der Waals surface area contributed by atoms with E-state index >= 15 is 0 Å². The van der Waals surface area contributed by atoms with Gasteiger partial charge in [-0.25, -0.2) is 4.79 Å². The minimum atomic E-state index is -0.694. The summed E-state index contributed by atoms with van der Waals surface area (Å²) in [4.78, 5) is 22.5. The van der Waals surface area contributed by atoms with Crippen LogP contribution in [-0.4, -0.2) is 36.9 Å². The van der Waals surface area contributed by atoms with Crippen molar-refractivity contribution in [2.75, 3.05) is 25.6 Å². The number of nitro groups is 1. The lowest BCUT2D eigenvalue weighted by molar-refractivity contribution is -0.384. The summed E-state index contributed by atoms with van der Waals surface area (Å²) in [6, 6.07) is 2.42. The van der Waals surface area contributed by atoms with Gasteiger partial charge in [-0.1, -0.05) is 24.9 Å². The lowest BCUT2D eigenvalue weighted by Crippen LogP contribution is -2.30. The molecule has 140 valence electrons. The molecule has 0 spiro atoms. The van der Waals surface area contributed by atoms with Crippen LogP contribution in [0.1, 0.15) is 33.6 Å². The molecule has 25 heavy (non-hydrogen) atoms. The maximum atomic E-state index is 12.1. The summed E-state index contributed by atoms with van der Waals surface area (Å²) in [6.45, 7) is 6.02. The summed E-state index contributed by atoms with van der Waals surface area (Å²) in [5, 5.41) is 13.4. The zero-order valence-electron chi connectivity index (χ0n) is 14.8. The first-order chi connectivity index (χ1) is 11.7. The number of hydrogen-bond acceptors (Lipinski definition) is 6. The number of hydrogen-bond donors (Lipinski definition) is 1. The smallest absolute Gasteiger partial charge is 0.412 e. The molecule has 1 rings (SSSR count). The highest BCUT2D eigenvalue weighted by molar-refractivity contribution is 6.33. The number of halogens is 1. The van der Waals surface area contributed by atoms with Crippen LogP contribution in [0.5, 0.6) is 5.75 Å². The van der Waals surface area contributed by atoms with E-state index in [1.54, 1.807) is 13.8 Å². The molecule has 0 aromatic heterocycles. The number of anilines is 1. The van der Waals surface area contributed by atoms with Gasteiger partial charge in [-0.15, -0.1) is 0 Å². The Kier molecular flexibility index (Phi) is 7.92. The molecule has 1 aromatic carbocycles. The molecular weight excluding hydrogens is 352 g/mol. The van der Waals surface area contributed by atoms with Crippen molar-refractivity contribution >= 4 is 29.1 Å². The van der Waals surface area contributed by atoms with Gasteiger partial charge in [-0.05, 0) is 26.3 Å². The number of carbonyl (C=O) groups excluding carboxylic acids is 1. The van der Waals surface area contributed by atoms with Crippen molar-refractivity contribution in [1.82, 2.24) is 0 Å². The number of nitrogens with one attached hydrogen (secondary N) is 1. The van der Waals surface area contributed by atoms with Gasteiger partial charge in [0.15, 0.2) is 0 Å². The second kappa shape index (κ2) is 9.43. The molecule has 1 amide bonds. The molecule has 0 aliphatic carbocycles. The molecule has 1 N–H and O–H groups in total. The molecule has 9 heteroatoms. The molecule has 8 nitrogen and oxygen atoms in total. The lowest BCUT2D eigenvalue weighted by atomic mass is 10.0. The van der Waals surface area contributed by atoms with E-state index in [1.807, 2.05) is 6.92 Å². The maximum Gasteiger partial charge on any atom is 0.412 e. The van der Waals surface area contributed by atoms with Crippen LogP contribution < -0.4 is 10.1 Å². The zero-order chi connectivity index (χ0) is 19.0. The highest BCUT2D eigenvalue weighted by atomic mass is 35.5.